The van der Waals surface area contributed by atoms with Gasteiger partial charge in [0, 0.05) is 11.6 Å². The average molecular weight is 338 g/mol. The maximum absolute atomic E-state index is 12.5. The predicted molar refractivity (Wildman–Crippen MR) is 85.9 cm³/mol. The molecule has 3 rings (SSSR count). The molecule has 4 nitrogen and oxygen atoms in total. The van der Waals surface area contributed by atoms with Crippen LogP contribution in [0.25, 0.3) is 0 Å². The molecule has 116 valence electrons. The number of rotatable bonds is 4. The number of sulfonamides is 1. The molecular formula is C16H16ClNO3S. The summed E-state index contributed by atoms with van der Waals surface area (Å²) in [7, 11) is -3.45. The first-order valence-corrected chi connectivity index (χ1v) is 8.93. The zero-order valence-corrected chi connectivity index (χ0v) is 13.4. The smallest absolute Gasteiger partial charge is 0.220 e. The Bertz CT molecular complexity index is 749. The van der Waals surface area contributed by atoms with Crippen LogP contribution in [0.1, 0.15) is 17.2 Å². The fraction of sp³-hybridized carbons (Fsp3) is 0.250. The molecule has 0 radical (unpaired) electrons. The van der Waals surface area contributed by atoms with E-state index in [0.717, 1.165) is 5.56 Å². The summed E-state index contributed by atoms with van der Waals surface area (Å²) in [5.74, 6) is -0.114. The quantitative estimate of drug-likeness (QED) is 0.860. The molecule has 2 aromatic carbocycles. The van der Waals surface area contributed by atoms with Crippen LogP contribution in [0.15, 0.2) is 54.6 Å². The van der Waals surface area contributed by atoms with Gasteiger partial charge in [-0.15, -0.1) is 0 Å². The minimum absolute atomic E-state index is 0.0757. The third kappa shape index (κ3) is 3.33. The Balaban J connectivity index is 1.73. The van der Waals surface area contributed by atoms with E-state index in [1.807, 2.05) is 30.3 Å². The molecule has 1 fully saturated rings. The molecule has 22 heavy (non-hydrogen) atoms. The Morgan fingerprint density at radius 1 is 1.09 bits per heavy atom. The highest BCUT2D eigenvalue weighted by atomic mass is 35.5. The lowest BCUT2D eigenvalue weighted by molar-refractivity contribution is 0.104. The van der Waals surface area contributed by atoms with Gasteiger partial charge in [0.15, 0.2) is 0 Å². The highest BCUT2D eigenvalue weighted by molar-refractivity contribution is 7.88. The van der Waals surface area contributed by atoms with Gasteiger partial charge in [-0.1, -0.05) is 60.1 Å². The Hall–Kier alpha value is -1.40. The molecular weight excluding hydrogens is 322 g/mol. The lowest BCUT2D eigenvalue weighted by atomic mass is 10.1. The summed E-state index contributed by atoms with van der Waals surface area (Å²) < 4.78 is 32.0. The molecule has 6 heteroatoms. The number of halogens is 1. The van der Waals surface area contributed by atoms with Crippen LogP contribution >= 0.6 is 11.6 Å². The summed E-state index contributed by atoms with van der Waals surface area (Å²) in [5, 5.41) is 0.464. The SMILES string of the molecule is O=S(=O)(Cc1ccccc1Cl)N1COC(c2ccccc2)C1. The first kappa shape index (κ1) is 15.5. The molecule has 0 bridgehead atoms. The maximum Gasteiger partial charge on any atom is 0.220 e. The van der Waals surface area contributed by atoms with Crippen LogP contribution in [0.4, 0.5) is 0 Å². The van der Waals surface area contributed by atoms with Crippen molar-refractivity contribution in [3.05, 3.63) is 70.7 Å². The van der Waals surface area contributed by atoms with Crippen molar-refractivity contribution >= 4 is 21.6 Å². The molecule has 0 aromatic heterocycles. The first-order valence-electron chi connectivity index (χ1n) is 6.94. The van der Waals surface area contributed by atoms with Crippen molar-refractivity contribution in [2.24, 2.45) is 0 Å². The number of hydrogen-bond donors (Lipinski definition) is 0. The molecule has 1 aliphatic heterocycles. The van der Waals surface area contributed by atoms with E-state index >= 15 is 0 Å². The fourth-order valence-corrected chi connectivity index (χ4v) is 4.12. The molecule has 1 aliphatic rings. The van der Waals surface area contributed by atoms with Gasteiger partial charge in [0.05, 0.1) is 11.9 Å². The molecule has 0 aliphatic carbocycles. The van der Waals surface area contributed by atoms with Crippen LogP contribution in [0.5, 0.6) is 0 Å². The van der Waals surface area contributed by atoms with E-state index < -0.39 is 10.0 Å². The molecule has 0 N–H and O–H groups in total. The second-order valence-corrected chi connectivity index (χ2v) is 7.55. The van der Waals surface area contributed by atoms with E-state index in [4.69, 9.17) is 16.3 Å². The third-order valence-corrected chi connectivity index (χ3v) is 5.74. The van der Waals surface area contributed by atoms with E-state index in [2.05, 4.69) is 0 Å². The van der Waals surface area contributed by atoms with Crippen LogP contribution in [-0.4, -0.2) is 26.0 Å². The van der Waals surface area contributed by atoms with Crippen molar-refractivity contribution in [2.75, 3.05) is 13.3 Å². The summed E-state index contributed by atoms with van der Waals surface area (Å²) in [5.41, 5.74) is 1.59. The van der Waals surface area contributed by atoms with Crippen molar-refractivity contribution in [3.8, 4) is 0 Å². The standard InChI is InChI=1S/C16H16ClNO3S/c17-15-9-5-4-8-14(15)11-22(19,20)18-10-16(21-12-18)13-6-2-1-3-7-13/h1-9,16H,10-12H2. The Morgan fingerprint density at radius 3 is 2.50 bits per heavy atom. The van der Waals surface area contributed by atoms with Gasteiger partial charge >= 0.3 is 0 Å². The molecule has 1 saturated heterocycles. The minimum Gasteiger partial charge on any atom is -0.356 e. The summed E-state index contributed by atoms with van der Waals surface area (Å²) in [4.78, 5) is 0. The van der Waals surface area contributed by atoms with E-state index in [9.17, 15) is 8.42 Å². The number of benzene rings is 2. The highest BCUT2D eigenvalue weighted by Crippen LogP contribution is 2.28. The molecule has 0 saturated carbocycles. The van der Waals surface area contributed by atoms with Crippen LogP contribution in [-0.2, 0) is 20.5 Å². The van der Waals surface area contributed by atoms with Gasteiger partial charge in [0.25, 0.3) is 0 Å². The number of nitrogens with zero attached hydrogens (tertiary/aromatic N) is 1. The molecule has 2 aromatic rings. The van der Waals surface area contributed by atoms with Crippen LogP contribution < -0.4 is 0 Å². The van der Waals surface area contributed by atoms with Crippen LogP contribution in [0.3, 0.4) is 0 Å². The van der Waals surface area contributed by atoms with Crippen molar-refractivity contribution < 1.29 is 13.2 Å². The first-order chi connectivity index (χ1) is 10.6. The van der Waals surface area contributed by atoms with Crippen molar-refractivity contribution in [1.29, 1.82) is 0 Å². The summed E-state index contributed by atoms with van der Waals surface area (Å²) in [6.07, 6.45) is -0.220. The number of hydrogen-bond acceptors (Lipinski definition) is 3. The van der Waals surface area contributed by atoms with Gasteiger partial charge in [-0.2, -0.15) is 4.31 Å². The summed E-state index contributed by atoms with van der Waals surface area (Å²) in [6, 6.07) is 16.6. The zero-order chi connectivity index (χ0) is 15.6. The van der Waals surface area contributed by atoms with Gasteiger partial charge in [0.2, 0.25) is 10.0 Å². The second kappa shape index (κ2) is 6.38. The van der Waals surface area contributed by atoms with E-state index in [0.29, 0.717) is 17.1 Å². The molecule has 0 amide bonds. The minimum atomic E-state index is -3.45. The van der Waals surface area contributed by atoms with Crippen molar-refractivity contribution in [3.63, 3.8) is 0 Å². The molecule has 1 unspecified atom stereocenters. The largest absolute Gasteiger partial charge is 0.356 e. The van der Waals surface area contributed by atoms with E-state index in [1.165, 1.54) is 4.31 Å². The molecule has 1 heterocycles. The van der Waals surface area contributed by atoms with Crippen molar-refractivity contribution in [1.82, 2.24) is 4.31 Å². The van der Waals surface area contributed by atoms with Gasteiger partial charge in [-0.05, 0) is 17.2 Å². The number of ether oxygens (including phenoxy) is 1. The molecule has 1 atom stereocenters. The Kier molecular flexibility index (Phi) is 4.49. The van der Waals surface area contributed by atoms with Crippen LogP contribution in [0.2, 0.25) is 5.02 Å². The predicted octanol–water partition coefficient (Wildman–Crippen LogP) is 3.20. The second-order valence-electron chi connectivity index (χ2n) is 5.18. The maximum atomic E-state index is 12.5. The monoisotopic (exact) mass is 337 g/mol. The average Bonchev–Trinajstić information content (AvgIpc) is 3.01. The lowest BCUT2D eigenvalue weighted by Gasteiger charge is -2.15. The van der Waals surface area contributed by atoms with Crippen molar-refractivity contribution in [2.45, 2.75) is 11.9 Å². The highest BCUT2D eigenvalue weighted by Gasteiger charge is 2.33. The van der Waals surface area contributed by atoms with Crippen LogP contribution in [0, 0.1) is 0 Å². The lowest BCUT2D eigenvalue weighted by Crippen LogP contribution is -2.30. The summed E-state index contributed by atoms with van der Waals surface area (Å²) in [6.45, 7) is 0.406. The zero-order valence-electron chi connectivity index (χ0n) is 11.9. The third-order valence-electron chi connectivity index (χ3n) is 3.65. The van der Waals surface area contributed by atoms with Gasteiger partial charge < -0.3 is 4.74 Å². The summed E-state index contributed by atoms with van der Waals surface area (Å²) >= 11 is 6.05. The Morgan fingerprint density at radius 2 is 1.77 bits per heavy atom. The van der Waals surface area contributed by atoms with Gasteiger partial charge in [-0.3, -0.25) is 0 Å². The van der Waals surface area contributed by atoms with E-state index in [1.54, 1.807) is 24.3 Å². The van der Waals surface area contributed by atoms with Gasteiger partial charge in [-0.25, -0.2) is 8.42 Å². The fourth-order valence-electron chi connectivity index (χ4n) is 2.43. The normalized spacial score (nSPS) is 19.4. The van der Waals surface area contributed by atoms with E-state index in [-0.39, 0.29) is 18.6 Å². The van der Waals surface area contributed by atoms with Gasteiger partial charge in [0.1, 0.15) is 6.73 Å². The topological polar surface area (TPSA) is 46.6 Å². The molecule has 0 spiro atoms. The Labute approximate surface area is 135 Å².